The fourth-order valence-corrected chi connectivity index (χ4v) is 1.35. The van der Waals surface area contributed by atoms with Crippen molar-refractivity contribution < 1.29 is 18.7 Å². The first kappa shape index (κ1) is 11.8. The van der Waals surface area contributed by atoms with Crippen molar-refractivity contribution in [3.05, 3.63) is 34.1 Å². The van der Waals surface area contributed by atoms with Crippen LogP contribution >= 0.6 is 15.9 Å². The Labute approximate surface area is 94.4 Å². The lowest BCUT2D eigenvalue weighted by Gasteiger charge is -2.03. The smallest absolute Gasteiger partial charge is 0.379 e. The molecular weight excluding hydrogens is 267 g/mol. The van der Waals surface area contributed by atoms with E-state index in [0.717, 1.165) is 0 Å². The third kappa shape index (κ3) is 2.62. The van der Waals surface area contributed by atoms with Crippen molar-refractivity contribution in [2.75, 3.05) is 6.61 Å². The summed E-state index contributed by atoms with van der Waals surface area (Å²) in [6.45, 7) is 1.66. The van der Waals surface area contributed by atoms with Crippen LogP contribution in [0.5, 0.6) is 0 Å². The number of halogens is 2. The van der Waals surface area contributed by atoms with Crippen molar-refractivity contribution in [2.24, 2.45) is 0 Å². The Balaban J connectivity index is 3.01. The Morgan fingerprint density at radius 3 is 2.73 bits per heavy atom. The van der Waals surface area contributed by atoms with Gasteiger partial charge in [-0.15, -0.1) is 0 Å². The molecule has 0 heterocycles. The van der Waals surface area contributed by atoms with Crippen LogP contribution in [0.4, 0.5) is 4.39 Å². The van der Waals surface area contributed by atoms with E-state index in [1.807, 2.05) is 0 Å². The van der Waals surface area contributed by atoms with E-state index in [1.165, 1.54) is 18.2 Å². The van der Waals surface area contributed by atoms with Crippen LogP contribution < -0.4 is 0 Å². The second-order valence-electron chi connectivity index (χ2n) is 2.65. The molecule has 0 atom stereocenters. The number of hydrogen-bond donors (Lipinski definition) is 0. The van der Waals surface area contributed by atoms with Gasteiger partial charge in [0, 0.05) is 0 Å². The molecule has 0 unspecified atom stereocenters. The molecule has 1 aromatic rings. The first-order chi connectivity index (χ1) is 7.07. The molecule has 0 radical (unpaired) electrons. The highest BCUT2D eigenvalue weighted by molar-refractivity contribution is 9.10. The van der Waals surface area contributed by atoms with Gasteiger partial charge in [-0.25, -0.2) is 9.18 Å². The van der Waals surface area contributed by atoms with Gasteiger partial charge in [0.25, 0.3) is 5.78 Å². The van der Waals surface area contributed by atoms with Crippen LogP contribution in [0.1, 0.15) is 17.3 Å². The lowest BCUT2D eigenvalue weighted by Crippen LogP contribution is -2.18. The van der Waals surface area contributed by atoms with Crippen molar-refractivity contribution in [1.82, 2.24) is 0 Å². The number of carbonyl (C=O) groups excluding carboxylic acids is 2. The zero-order valence-corrected chi connectivity index (χ0v) is 9.51. The molecule has 1 rings (SSSR count). The zero-order chi connectivity index (χ0) is 11.4. The average Bonchev–Trinajstić information content (AvgIpc) is 2.21. The minimum absolute atomic E-state index is 0.0835. The summed E-state index contributed by atoms with van der Waals surface area (Å²) in [6.07, 6.45) is 0. The molecule has 80 valence electrons. The summed E-state index contributed by atoms with van der Waals surface area (Å²) in [5, 5.41) is 0. The van der Waals surface area contributed by atoms with Crippen LogP contribution in [0.3, 0.4) is 0 Å². The van der Waals surface area contributed by atoms with Gasteiger partial charge in [0.2, 0.25) is 0 Å². The lowest BCUT2D eigenvalue weighted by atomic mass is 10.1. The van der Waals surface area contributed by atoms with Crippen LogP contribution in [-0.2, 0) is 9.53 Å². The standard InChI is InChI=1S/C10H8BrFO3/c1-2-15-10(14)9(13)6-4-3-5-7(11)8(6)12/h3-5H,2H2,1H3. The zero-order valence-electron chi connectivity index (χ0n) is 7.92. The van der Waals surface area contributed by atoms with E-state index < -0.39 is 17.6 Å². The largest absolute Gasteiger partial charge is 0.460 e. The normalized spacial score (nSPS) is 9.80. The van der Waals surface area contributed by atoms with Gasteiger partial charge in [0.15, 0.2) is 0 Å². The molecule has 0 saturated carbocycles. The van der Waals surface area contributed by atoms with E-state index in [-0.39, 0.29) is 16.6 Å². The van der Waals surface area contributed by atoms with Gasteiger partial charge in [-0.2, -0.15) is 0 Å². The Hall–Kier alpha value is -1.23. The molecule has 0 amide bonds. The van der Waals surface area contributed by atoms with E-state index in [4.69, 9.17) is 0 Å². The Morgan fingerprint density at radius 2 is 2.13 bits per heavy atom. The maximum absolute atomic E-state index is 13.4. The minimum atomic E-state index is -1.05. The average molecular weight is 275 g/mol. The number of esters is 1. The number of rotatable bonds is 3. The highest BCUT2D eigenvalue weighted by Gasteiger charge is 2.21. The van der Waals surface area contributed by atoms with Gasteiger partial charge in [-0.1, -0.05) is 6.07 Å². The molecule has 0 saturated heterocycles. The van der Waals surface area contributed by atoms with E-state index in [2.05, 4.69) is 20.7 Å². The maximum atomic E-state index is 13.4. The van der Waals surface area contributed by atoms with Gasteiger partial charge >= 0.3 is 5.97 Å². The molecule has 0 spiro atoms. The van der Waals surface area contributed by atoms with Crippen molar-refractivity contribution in [2.45, 2.75) is 6.92 Å². The van der Waals surface area contributed by atoms with Gasteiger partial charge in [0.05, 0.1) is 16.6 Å². The quantitative estimate of drug-likeness (QED) is 0.483. The summed E-state index contributed by atoms with van der Waals surface area (Å²) < 4.78 is 18.0. The summed E-state index contributed by atoms with van der Waals surface area (Å²) in [5.41, 5.74) is -0.289. The van der Waals surface area contributed by atoms with Gasteiger partial charge in [-0.3, -0.25) is 4.79 Å². The number of ether oxygens (including phenoxy) is 1. The summed E-state index contributed by atoms with van der Waals surface area (Å²) in [7, 11) is 0. The molecule has 0 N–H and O–H groups in total. The second-order valence-corrected chi connectivity index (χ2v) is 3.51. The van der Waals surface area contributed by atoms with Crippen molar-refractivity contribution in [1.29, 1.82) is 0 Å². The van der Waals surface area contributed by atoms with Crippen LogP contribution in [0.15, 0.2) is 22.7 Å². The second kappa shape index (κ2) is 5.02. The Kier molecular flexibility index (Phi) is 3.96. The topological polar surface area (TPSA) is 43.4 Å². The number of Topliss-reactive ketones (excluding diaryl/α,β-unsaturated/α-hetero) is 1. The van der Waals surface area contributed by atoms with E-state index in [9.17, 15) is 14.0 Å². The summed E-state index contributed by atoms with van der Waals surface area (Å²) in [6, 6.07) is 4.15. The fourth-order valence-electron chi connectivity index (χ4n) is 0.986. The van der Waals surface area contributed by atoms with Crippen LogP contribution in [0.2, 0.25) is 0 Å². The minimum Gasteiger partial charge on any atom is -0.460 e. The highest BCUT2D eigenvalue weighted by atomic mass is 79.9. The predicted octanol–water partition coefficient (Wildman–Crippen LogP) is 2.33. The molecular formula is C10H8BrFO3. The summed E-state index contributed by atoms with van der Waals surface area (Å²) >= 11 is 2.92. The molecule has 0 aliphatic heterocycles. The molecule has 0 aliphatic carbocycles. The highest BCUT2D eigenvalue weighted by Crippen LogP contribution is 2.19. The third-order valence-electron chi connectivity index (χ3n) is 1.66. The summed E-state index contributed by atoms with van der Waals surface area (Å²) in [5.74, 6) is -2.78. The van der Waals surface area contributed by atoms with Crippen LogP contribution in [0, 0.1) is 5.82 Å². The molecule has 0 fully saturated rings. The number of benzene rings is 1. The molecule has 0 aromatic heterocycles. The van der Waals surface area contributed by atoms with Gasteiger partial charge in [0.1, 0.15) is 5.82 Å². The van der Waals surface area contributed by atoms with E-state index >= 15 is 0 Å². The number of carbonyl (C=O) groups is 2. The first-order valence-corrected chi connectivity index (χ1v) is 5.02. The third-order valence-corrected chi connectivity index (χ3v) is 2.27. The SMILES string of the molecule is CCOC(=O)C(=O)c1cccc(Br)c1F. The van der Waals surface area contributed by atoms with Crippen LogP contribution in [-0.4, -0.2) is 18.4 Å². The lowest BCUT2D eigenvalue weighted by molar-refractivity contribution is -0.137. The summed E-state index contributed by atoms with van der Waals surface area (Å²) in [4.78, 5) is 22.4. The van der Waals surface area contributed by atoms with Crippen molar-refractivity contribution in [3.8, 4) is 0 Å². The van der Waals surface area contributed by atoms with E-state index in [1.54, 1.807) is 6.92 Å². The molecule has 5 heteroatoms. The van der Waals surface area contributed by atoms with Crippen molar-refractivity contribution >= 4 is 27.7 Å². The monoisotopic (exact) mass is 274 g/mol. The molecule has 15 heavy (non-hydrogen) atoms. The van der Waals surface area contributed by atoms with Crippen LogP contribution in [0.25, 0.3) is 0 Å². The Morgan fingerprint density at radius 1 is 1.47 bits per heavy atom. The maximum Gasteiger partial charge on any atom is 0.379 e. The molecule has 1 aromatic carbocycles. The van der Waals surface area contributed by atoms with Crippen molar-refractivity contribution in [3.63, 3.8) is 0 Å². The number of ketones is 1. The van der Waals surface area contributed by atoms with Gasteiger partial charge in [-0.05, 0) is 35.0 Å². The number of hydrogen-bond acceptors (Lipinski definition) is 3. The Bertz CT molecular complexity index is 404. The molecule has 0 aliphatic rings. The first-order valence-electron chi connectivity index (χ1n) is 4.23. The molecule has 0 bridgehead atoms. The van der Waals surface area contributed by atoms with E-state index in [0.29, 0.717) is 0 Å². The predicted molar refractivity (Wildman–Crippen MR) is 55.1 cm³/mol. The van der Waals surface area contributed by atoms with Gasteiger partial charge < -0.3 is 4.74 Å². The fraction of sp³-hybridized carbons (Fsp3) is 0.200. The molecule has 3 nitrogen and oxygen atoms in total.